The van der Waals surface area contributed by atoms with E-state index in [1.807, 2.05) is 0 Å². The molecule has 1 aliphatic heterocycles. The Morgan fingerprint density at radius 3 is 2.14 bits per heavy atom. The van der Waals surface area contributed by atoms with Crippen molar-refractivity contribution in [2.45, 2.75) is 6.54 Å². The summed E-state index contributed by atoms with van der Waals surface area (Å²) >= 11 is 5.87. The first-order valence-corrected chi connectivity index (χ1v) is 8.97. The number of amides is 2. The quantitative estimate of drug-likeness (QED) is 0.342. The lowest BCUT2D eigenvalue weighted by atomic mass is 10.1. The van der Waals surface area contributed by atoms with Crippen molar-refractivity contribution in [2.24, 2.45) is 0 Å². The fraction of sp³-hybridized carbons (Fsp3) is 0.0476. The first-order chi connectivity index (χ1) is 13.9. The summed E-state index contributed by atoms with van der Waals surface area (Å²) in [6.45, 7) is 0.141. The highest BCUT2D eigenvalue weighted by Gasteiger charge is 2.35. The third-order valence-corrected chi connectivity index (χ3v) is 4.73. The number of halogens is 1. The van der Waals surface area contributed by atoms with E-state index in [-0.39, 0.29) is 23.7 Å². The molecule has 0 aliphatic carbocycles. The molecule has 0 unspecified atom stereocenters. The molecule has 1 aliphatic rings. The van der Waals surface area contributed by atoms with Crippen molar-refractivity contribution in [3.63, 3.8) is 0 Å². The van der Waals surface area contributed by atoms with E-state index >= 15 is 0 Å². The Morgan fingerprint density at radius 1 is 0.862 bits per heavy atom. The summed E-state index contributed by atoms with van der Waals surface area (Å²) in [6.07, 6.45) is 0. The molecule has 0 saturated heterocycles. The smallest absolute Gasteiger partial charge is 0.269 e. The van der Waals surface area contributed by atoms with Gasteiger partial charge in [0.1, 0.15) is 11.5 Å². The van der Waals surface area contributed by atoms with Gasteiger partial charge in [-0.05, 0) is 48.0 Å². The number of fused-ring (bicyclic) bond motifs is 1. The van der Waals surface area contributed by atoms with Crippen LogP contribution in [0.2, 0.25) is 5.02 Å². The SMILES string of the molecule is O=C1c2ccc(Oc3ccc([N+](=O)[O-])cc3)cc2C(=O)N1Cc1ccc(Cl)cc1. The number of nitro groups is 1. The van der Waals surface area contributed by atoms with Gasteiger partial charge in [-0.3, -0.25) is 24.6 Å². The number of ether oxygens (including phenoxy) is 1. The number of benzene rings is 3. The lowest BCUT2D eigenvalue weighted by molar-refractivity contribution is -0.384. The molecule has 0 spiro atoms. The monoisotopic (exact) mass is 408 g/mol. The van der Waals surface area contributed by atoms with E-state index in [2.05, 4.69) is 0 Å². The molecule has 0 fully saturated rings. The van der Waals surface area contributed by atoms with Crippen LogP contribution < -0.4 is 4.74 Å². The fourth-order valence-electron chi connectivity index (χ4n) is 3.02. The van der Waals surface area contributed by atoms with Crippen LogP contribution in [-0.2, 0) is 6.54 Å². The number of hydrogen-bond acceptors (Lipinski definition) is 5. The topological polar surface area (TPSA) is 89.7 Å². The van der Waals surface area contributed by atoms with Gasteiger partial charge >= 0.3 is 0 Å². The predicted octanol–water partition coefficient (Wildman–Crippen LogP) is 4.84. The summed E-state index contributed by atoms with van der Waals surface area (Å²) in [6, 6.07) is 17.1. The highest BCUT2D eigenvalue weighted by molar-refractivity contribution is 6.30. The zero-order valence-corrected chi connectivity index (χ0v) is 15.6. The lowest BCUT2D eigenvalue weighted by Crippen LogP contribution is -2.29. The van der Waals surface area contributed by atoms with E-state index in [9.17, 15) is 19.7 Å². The molecule has 1 heterocycles. The average Bonchev–Trinajstić information content (AvgIpc) is 2.94. The standard InChI is InChI=1S/C21H13ClN2O5/c22-14-3-1-13(2-4-14)12-23-20(25)18-10-9-17(11-19(18)21(23)26)29-16-7-5-15(6-8-16)24(27)28/h1-11H,12H2. The summed E-state index contributed by atoms with van der Waals surface area (Å²) in [4.78, 5) is 36.8. The number of carbonyl (C=O) groups excluding carboxylic acids is 2. The van der Waals surface area contributed by atoms with Crippen molar-refractivity contribution < 1.29 is 19.2 Å². The van der Waals surface area contributed by atoms with Crippen molar-refractivity contribution in [3.8, 4) is 11.5 Å². The van der Waals surface area contributed by atoms with Gasteiger partial charge in [0.05, 0.1) is 22.6 Å². The second-order valence-corrected chi connectivity index (χ2v) is 6.82. The van der Waals surface area contributed by atoms with Gasteiger partial charge in [-0.1, -0.05) is 23.7 Å². The zero-order chi connectivity index (χ0) is 20.5. The molecule has 0 atom stereocenters. The summed E-state index contributed by atoms with van der Waals surface area (Å²) in [5.74, 6) is -0.0478. The number of imide groups is 1. The zero-order valence-electron chi connectivity index (χ0n) is 14.9. The van der Waals surface area contributed by atoms with Gasteiger partial charge in [0, 0.05) is 17.2 Å². The maximum absolute atomic E-state index is 12.8. The molecule has 3 aromatic rings. The van der Waals surface area contributed by atoms with E-state index in [1.54, 1.807) is 30.3 Å². The van der Waals surface area contributed by atoms with Crippen LogP contribution in [-0.4, -0.2) is 21.6 Å². The van der Waals surface area contributed by atoms with Crippen LogP contribution in [0.3, 0.4) is 0 Å². The van der Waals surface area contributed by atoms with Crippen molar-refractivity contribution >= 4 is 29.1 Å². The molecule has 0 bridgehead atoms. The molecule has 0 N–H and O–H groups in total. The summed E-state index contributed by atoms with van der Waals surface area (Å²) in [5.41, 5.74) is 1.29. The maximum Gasteiger partial charge on any atom is 0.269 e. The van der Waals surface area contributed by atoms with E-state index in [0.29, 0.717) is 22.1 Å². The number of nitrogens with zero attached hydrogens (tertiary/aromatic N) is 2. The van der Waals surface area contributed by atoms with Crippen molar-refractivity contribution in [1.82, 2.24) is 4.90 Å². The number of non-ortho nitro benzene ring substituents is 1. The Kier molecular flexibility index (Phi) is 4.74. The Bertz CT molecular complexity index is 1130. The van der Waals surface area contributed by atoms with Crippen molar-refractivity contribution in [3.05, 3.63) is 98.6 Å². The third kappa shape index (κ3) is 3.68. The molecular formula is C21H13ClN2O5. The van der Waals surface area contributed by atoms with Crippen LogP contribution in [0.4, 0.5) is 5.69 Å². The van der Waals surface area contributed by atoms with Gasteiger partial charge in [-0.25, -0.2) is 0 Å². The molecule has 7 nitrogen and oxygen atoms in total. The van der Waals surface area contributed by atoms with E-state index in [4.69, 9.17) is 16.3 Å². The van der Waals surface area contributed by atoms with Gasteiger partial charge < -0.3 is 4.74 Å². The molecular weight excluding hydrogens is 396 g/mol. The Balaban J connectivity index is 1.54. The third-order valence-electron chi connectivity index (χ3n) is 4.48. The second-order valence-electron chi connectivity index (χ2n) is 6.38. The van der Waals surface area contributed by atoms with Crippen LogP contribution in [0.25, 0.3) is 0 Å². The lowest BCUT2D eigenvalue weighted by Gasteiger charge is -2.13. The molecule has 144 valence electrons. The minimum atomic E-state index is -0.501. The highest BCUT2D eigenvalue weighted by Crippen LogP contribution is 2.31. The molecule has 29 heavy (non-hydrogen) atoms. The predicted molar refractivity (Wildman–Crippen MR) is 105 cm³/mol. The van der Waals surface area contributed by atoms with E-state index in [0.717, 1.165) is 5.56 Å². The summed E-state index contributed by atoms with van der Waals surface area (Å²) in [7, 11) is 0. The molecule has 4 rings (SSSR count). The van der Waals surface area contributed by atoms with Gasteiger partial charge in [-0.2, -0.15) is 0 Å². The number of carbonyl (C=O) groups is 2. The van der Waals surface area contributed by atoms with Gasteiger partial charge in [0.15, 0.2) is 0 Å². The van der Waals surface area contributed by atoms with Crippen LogP contribution in [0.15, 0.2) is 66.7 Å². The maximum atomic E-state index is 12.8. The second kappa shape index (κ2) is 7.37. The van der Waals surface area contributed by atoms with Crippen LogP contribution in [0.5, 0.6) is 11.5 Å². The number of hydrogen-bond donors (Lipinski definition) is 0. The fourth-order valence-corrected chi connectivity index (χ4v) is 3.15. The minimum Gasteiger partial charge on any atom is -0.457 e. The number of nitro benzene ring substituents is 1. The van der Waals surface area contributed by atoms with Crippen molar-refractivity contribution in [1.29, 1.82) is 0 Å². The molecule has 0 aromatic heterocycles. The average molecular weight is 409 g/mol. The Hall–Kier alpha value is -3.71. The van der Waals surface area contributed by atoms with Crippen LogP contribution in [0, 0.1) is 10.1 Å². The van der Waals surface area contributed by atoms with E-state index < -0.39 is 10.8 Å². The van der Waals surface area contributed by atoms with Crippen LogP contribution in [0.1, 0.15) is 26.3 Å². The van der Waals surface area contributed by atoms with Crippen molar-refractivity contribution in [2.75, 3.05) is 0 Å². The highest BCUT2D eigenvalue weighted by atomic mass is 35.5. The largest absolute Gasteiger partial charge is 0.457 e. The van der Waals surface area contributed by atoms with Gasteiger partial charge in [0.2, 0.25) is 0 Å². The first kappa shape index (κ1) is 18.6. The van der Waals surface area contributed by atoms with E-state index in [1.165, 1.54) is 41.3 Å². The Labute approximate surface area is 170 Å². The first-order valence-electron chi connectivity index (χ1n) is 8.59. The molecule has 2 amide bonds. The summed E-state index contributed by atoms with van der Waals surface area (Å²) in [5, 5.41) is 11.3. The molecule has 0 saturated carbocycles. The van der Waals surface area contributed by atoms with Crippen LogP contribution >= 0.6 is 11.6 Å². The molecule has 0 radical (unpaired) electrons. The van der Waals surface area contributed by atoms with Gasteiger partial charge in [-0.15, -0.1) is 0 Å². The Morgan fingerprint density at radius 2 is 1.48 bits per heavy atom. The molecule has 8 heteroatoms. The normalized spacial score (nSPS) is 12.8. The number of rotatable bonds is 5. The minimum absolute atomic E-state index is 0.0510. The molecule has 3 aromatic carbocycles. The van der Waals surface area contributed by atoms with Gasteiger partial charge in [0.25, 0.3) is 17.5 Å². The summed E-state index contributed by atoms with van der Waals surface area (Å²) < 4.78 is 5.67.